The minimum absolute atomic E-state index is 0.239. The lowest BCUT2D eigenvalue weighted by molar-refractivity contribution is 0.301. The number of nitrogens with zero attached hydrogens (tertiary/aromatic N) is 3. The third kappa shape index (κ3) is 3.26. The van der Waals surface area contributed by atoms with Gasteiger partial charge >= 0.3 is 0 Å². The standard InChI is InChI=1S/C20H15F2N3O/c1-13-2-3-16(22)8-19(13)14-9-23-20-24-17(11-25(20)10-14)12-26-18-6-4-15(21)5-7-18/h2-11H,12H2,1H3. The SMILES string of the molecule is Cc1ccc(F)cc1-c1cnc2nc(COc3ccc(F)cc3)cn2c1. The highest BCUT2D eigenvalue weighted by atomic mass is 19.1. The Hall–Kier alpha value is -3.28. The summed E-state index contributed by atoms with van der Waals surface area (Å²) in [7, 11) is 0. The van der Waals surface area contributed by atoms with Gasteiger partial charge in [-0.05, 0) is 54.4 Å². The molecular weight excluding hydrogens is 336 g/mol. The molecule has 2 aromatic heterocycles. The zero-order valence-corrected chi connectivity index (χ0v) is 14.0. The molecule has 4 rings (SSSR count). The van der Waals surface area contributed by atoms with Crippen molar-refractivity contribution in [2.45, 2.75) is 13.5 Å². The molecule has 0 saturated heterocycles. The quantitative estimate of drug-likeness (QED) is 0.541. The van der Waals surface area contributed by atoms with Gasteiger partial charge in [-0.3, -0.25) is 4.40 Å². The second kappa shape index (κ2) is 6.55. The lowest BCUT2D eigenvalue weighted by Crippen LogP contribution is -1.95. The molecule has 0 bridgehead atoms. The molecule has 6 heteroatoms. The fourth-order valence-corrected chi connectivity index (χ4v) is 2.74. The summed E-state index contributed by atoms with van der Waals surface area (Å²) in [5.74, 6) is 0.493. The molecule has 0 saturated carbocycles. The summed E-state index contributed by atoms with van der Waals surface area (Å²) in [6.07, 6.45) is 5.34. The topological polar surface area (TPSA) is 39.4 Å². The zero-order valence-electron chi connectivity index (χ0n) is 14.0. The molecule has 2 heterocycles. The van der Waals surface area contributed by atoms with Crippen molar-refractivity contribution >= 4 is 5.78 Å². The molecular formula is C20H15F2N3O. The smallest absolute Gasteiger partial charge is 0.234 e. The fraction of sp³-hybridized carbons (Fsp3) is 0.100. The lowest BCUT2D eigenvalue weighted by atomic mass is 10.0. The first-order valence-corrected chi connectivity index (χ1v) is 8.07. The largest absolute Gasteiger partial charge is 0.487 e. The Morgan fingerprint density at radius 2 is 1.77 bits per heavy atom. The molecule has 4 nitrogen and oxygen atoms in total. The highest BCUT2D eigenvalue weighted by molar-refractivity contribution is 5.66. The van der Waals surface area contributed by atoms with Crippen LogP contribution in [0.3, 0.4) is 0 Å². The molecule has 0 amide bonds. The molecule has 0 fully saturated rings. The summed E-state index contributed by atoms with van der Waals surface area (Å²) < 4.78 is 33.9. The minimum atomic E-state index is -0.311. The fourth-order valence-electron chi connectivity index (χ4n) is 2.74. The van der Waals surface area contributed by atoms with Crippen LogP contribution in [0, 0.1) is 18.6 Å². The van der Waals surface area contributed by atoms with Gasteiger partial charge in [0, 0.05) is 24.2 Å². The predicted octanol–water partition coefficient (Wildman–Crippen LogP) is 4.56. The van der Waals surface area contributed by atoms with E-state index in [1.165, 1.54) is 24.3 Å². The van der Waals surface area contributed by atoms with E-state index in [-0.39, 0.29) is 18.2 Å². The molecule has 2 aromatic carbocycles. The Morgan fingerprint density at radius 1 is 1.00 bits per heavy atom. The van der Waals surface area contributed by atoms with Crippen molar-refractivity contribution in [3.63, 3.8) is 0 Å². The van der Waals surface area contributed by atoms with E-state index in [4.69, 9.17) is 4.74 Å². The summed E-state index contributed by atoms with van der Waals surface area (Å²) in [4.78, 5) is 8.74. The van der Waals surface area contributed by atoms with Crippen LogP contribution < -0.4 is 4.74 Å². The van der Waals surface area contributed by atoms with Gasteiger partial charge in [0.15, 0.2) is 0 Å². The Morgan fingerprint density at radius 3 is 2.58 bits per heavy atom. The van der Waals surface area contributed by atoms with E-state index < -0.39 is 0 Å². The van der Waals surface area contributed by atoms with E-state index in [0.29, 0.717) is 17.2 Å². The van der Waals surface area contributed by atoms with E-state index in [1.807, 2.05) is 19.3 Å². The highest BCUT2D eigenvalue weighted by Crippen LogP contribution is 2.24. The van der Waals surface area contributed by atoms with E-state index in [2.05, 4.69) is 9.97 Å². The average Bonchev–Trinajstić information content (AvgIpc) is 3.05. The van der Waals surface area contributed by atoms with E-state index in [1.54, 1.807) is 28.8 Å². The van der Waals surface area contributed by atoms with Crippen LogP contribution in [0.25, 0.3) is 16.9 Å². The number of rotatable bonds is 4. The summed E-state index contributed by atoms with van der Waals surface area (Å²) >= 11 is 0. The monoisotopic (exact) mass is 351 g/mol. The number of halogens is 2. The number of aryl methyl sites for hydroxylation is 1. The lowest BCUT2D eigenvalue weighted by Gasteiger charge is -2.06. The molecule has 4 aromatic rings. The number of hydrogen-bond acceptors (Lipinski definition) is 3. The number of benzene rings is 2. The van der Waals surface area contributed by atoms with Crippen molar-refractivity contribution < 1.29 is 13.5 Å². The molecule has 0 N–H and O–H groups in total. The first-order valence-electron chi connectivity index (χ1n) is 8.07. The Balaban J connectivity index is 1.59. The van der Waals surface area contributed by atoms with Gasteiger partial charge in [-0.1, -0.05) is 6.07 Å². The van der Waals surface area contributed by atoms with Gasteiger partial charge in [0.2, 0.25) is 5.78 Å². The Bertz CT molecular complexity index is 1070. The van der Waals surface area contributed by atoms with Gasteiger partial charge in [0.05, 0.1) is 5.69 Å². The normalized spacial score (nSPS) is 11.0. The predicted molar refractivity (Wildman–Crippen MR) is 93.9 cm³/mol. The second-order valence-electron chi connectivity index (χ2n) is 5.98. The van der Waals surface area contributed by atoms with E-state index >= 15 is 0 Å². The summed E-state index contributed by atoms with van der Waals surface area (Å²) in [5.41, 5.74) is 3.25. The van der Waals surface area contributed by atoms with Crippen molar-refractivity contribution in [1.29, 1.82) is 0 Å². The maximum atomic E-state index is 13.6. The second-order valence-corrected chi connectivity index (χ2v) is 5.98. The number of hydrogen-bond donors (Lipinski definition) is 0. The highest BCUT2D eigenvalue weighted by Gasteiger charge is 2.08. The third-order valence-electron chi connectivity index (χ3n) is 4.07. The van der Waals surface area contributed by atoms with E-state index in [0.717, 1.165) is 16.7 Å². The first-order chi connectivity index (χ1) is 12.6. The van der Waals surface area contributed by atoms with Gasteiger partial charge in [0.1, 0.15) is 24.0 Å². The number of ether oxygens (including phenoxy) is 1. The van der Waals surface area contributed by atoms with Gasteiger partial charge in [-0.25, -0.2) is 18.7 Å². The van der Waals surface area contributed by atoms with Gasteiger partial charge < -0.3 is 4.74 Å². The van der Waals surface area contributed by atoms with Crippen LogP contribution in [-0.4, -0.2) is 14.4 Å². The van der Waals surface area contributed by atoms with Crippen LogP contribution in [-0.2, 0) is 6.61 Å². The van der Waals surface area contributed by atoms with Gasteiger partial charge in [-0.15, -0.1) is 0 Å². The van der Waals surface area contributed by atoms with Gasteiger partial charge in [-0.2, -0.15) is 0 Å². The van der Waals surface area contributed by atoms with Crippen molar-refractivity contribution in [3.8, 4) is 16.9 Å². The van der Waals surface area contributed by atoms with Crippen LogP contribution in [0.4, 0.5) is 8.78 Å². The number of aromatic nitrogens is 3. The number of fused-ring (bicyclic) bond motifs is 1. The molecule has 0 spiro atoms. The van der Waals surface area contributed by atoms with Crippen molar-refractivity contribution in [2.24, 2.45) is 0 Å². The molecule has 0 atom stereocenters. The molecule has 0 aliphatic rings. The summed E-state index contributed by atoms with van der Waals surface area (Å²) in [5, 5.41) is 0. The van der Waals surface area contributed by atoms with Crippen molar-refractivity contribution in [3.05, 3.63) is 83.9 Å². The third-order valence-corrected chi connectivity index (χ3v) is 4.07. The molecule has 130 valence electrons. The van der Waals surface area contributed by atoms with Crippen molar-refractivity contribution in [1.82, 2.24) is 14.4 Å². The van der Waals surface area contributed by atoms with Crippen molar-refractivity contribution in [2.75, 3.05) is 0 Å². The molecule has 26 heavy (non-hydrogen) atoms. The minimum Gasteiger partial charge on any atom is -0.487 e. The Kier molecular flexibility index (Phi) is 4.08. The van der Waals surface area contributed by atoms with Crippen LogP contribution in [0.15, 0.2) is 61.1 Å². The van der Waals surface area contributed by atoms with E-state index in [9.17, 15) is 8.78 Å². The van der Waals surface area contributed by atoms with Gasteiger partial charge in [0.25, 0.3) is 0 Å². The number of imidazole rings is 1. The molecule has 0 aliphatic heterocycles. The molecule has 0 unspecified atom stereocenters. The van der Waals surface area contributed by atoms with Crippen LogP contribution >= 0.6 is 0 Å². The summed E-state index contributed by atoms with van der Waals surface area (Å²) in [6.45, 7) is 2.16. The zero-order chi connectivity index (χ0) is 18.1. The molecule has 0 aliphatic carbocycles. The first kappa shape index (κ1) is 16.2. The van der Waals surface area contributed by atoms with Crippen LogP contribution in [0.1, 0.15) is 11.3 Å². The van der Waals surface area contributed by atoms with Crippen LogP contribution in [0.5, 0.6) is 5.75 Å². The maximum Gasteiger partial charge on any atom is 0.234 e. The molecule has 0 radical (unpaired) electrons. The average molecular weight is 351 g/mol. The van der Waals surface area contributed by atoms with Crippen LogP contribution in [0.2, 0.25) is 0 Å². The summed E-state index contributed by atoms with van der Waals surface area (Å²) in [6, 6.07) is 10.5. The maximum absolute atomic E-state index is 13.6. The Labute approximate surface area is 148 Å².